The van der Waals surface area contributed by atoms with Gasteiger partial charge in [-0.05, 0) is 53.6 Å². The molecule has 0 unspecified atom stereocenters. The smallest absolute Gasteiger partial charge is 0.120 e. The molecule has 0 spiro atoms. The Morgan fingerprint density at radius 2 is 1.54 bits per heavy atom. The van der Waals surface area contributed by atoms with Gasteiger partial charge in [0, 0.05) is 37.9 Å². The number of aromatic nitrogens is 2. The SMILES string of the molecule is Cc1ccc2oc3c(-c4cc(C(C)(C)C)ccn4)[c-]ccc3c2c1.[Ir].[c-]1ccccc1-c1ccccn1. The summed E-state index contributed by atoms with van der Waals surface area (Å²) in [5.74, 6) is 0. The number of hydrogen-bond acceptors (Lipinski definition) is 3. The molecule has 0 N–H and O–H groups in total. The fourth-order valence-corrected chi connectivity index (χ4v) is 4.15. The van der Waals surface area contributed by atoms with Crippen molar-refractivity contribution in [2.75, 3.05) is 0 Å². The van der Waals surface area contributed by atoms with Crippen LogP contribution in [0.2, 0.25) is 0 Å². The number of rotatable bonds is 2. The van der Waals surface area contributed by atoms with Gasteiger partial charge in [-0.2, -0.15) is 0 Å². The summed E-state index contributed by atoms with van der Waals surface area (Å²) in [6, 6.07) is 34.7. The first-order valence-electron chi connectivity index (χ1n) is 12.1. The molecule has 0 aliphatic heterocycles. The minimum atomic E-state index is 0. The Hall–Kier alpha value is -3.59. The van der Waals surface area contributed by atoms with Crippen molar-refractivity contribution in [1.29, 1.82) is 0 Å². The van der Waals surface area contributed by atoms with Crippen LogP contribution in [0.4, 0.5) is 0 Å². The zero-order valence-corrected chi connectivity index (χ0v) is 23.8. The van der Waals surface area contributed by atoms with Gasteiger partial charge in [0.1, 0.15) is 5.58 Å². The van der Waals surface area contributed by atoms with Crippen LogP contribution in [0.5, 0.6) is 0 Å². The van der Waals surface area contributed by atoms with Gasteiger partial charge in [0.05, 0.1) is 5.58 Å². The predicted octanol–water partition coefficient (Wildman–Crippen LogP) is 8.60. The van der Waals surface area contributed by atoms with Crippen molar-refractivity contribution in [3.05, 3.63) is 121 Å². The Bertz CT molecular complexity index is 1580. The summed E-state index contributed by atoms with van der Waals surface area (Å²) in [6.07, 6.45) is 3.66. The molecule has 0 saturated carbocycles. The largest absolute Gasteiger partial charge is 0.501 e. The number of aryl methyl sites for hydroxylation is 1. The Kier molecular flexibility index (Phi) is 8.02. The van der Waals surface area contributed by atoms with E-state index in [9.17, 15) is 0 Å². The third-order valence-corrected chi connectivity index (χ3v) is 6.12. The molecule has 6 aromatic rings. The second kappa shape index (κ2) is 11.2. The standard InChI is InChI=1S/C22H20NO.C11H8N.Ir/c1-14-8-9-20-18(12-14)16-6-5-7-17(21(16)24-20)19-13-15(10-11-23-19)22(2,3)4;1-2-6-10(7-3-1)11-8-4-5-9-12-11;/h5-6,8-13H,1-4H3;1-6,8-9H;/q2*-1;. The number of fused-ring (bicyclic) bond motifs is 3. The Balaban J connectivity index is 0.000000208. The zero-order chi connectivity index (χ0) is 25.1. The van der Waals surface area contributed by atoms with Crippen molar-refractivity contribution >= 4 is 21.9 Å². The van der Waals surface area contributed by atoms with Gasteiger partial charge >= 0.3 is 0 Å². The van der Waals surface area contributed by atoms with E-state index >= 15 is 0 Å². The van der Waals surface area contributed by atoms with Crippen LogP contribution in [-0.4, -0.2) is 9.97 Å². The van der Waals surface area contributed by atoms with Crippen LogP contribution in [0.25, 0.3) is 44.5 Å². The summed E-state index contributed by atoms with van der Waals surface area (Å²) < 4.78 is 6.15. The van der Waals surface area contributed by atoms with Crippen LogP contribution < -0.4 is 0 Å². The number of nitrogens with zero attached hydrogens (tertiary/aromatic N) is 2. The molecule has 3 aromatic heterocycles. The number of hydrogen-bond donors (Lipinski definition) is 0. The first-order valence-corrected chi connectivity index (χ1v) is 12.1. The third-order valence-electron chi connectivity index (χ3n) is 6.12. The van der Waals surface area contributed by atoms with Crippen LogP contribution >= 0.6 is 0 Å². The summed E-state index contributed by atoms with van der Waals surface area (Å²) in [6.45, 7) is 8.73. The van der Waals surface area contributed by atoms with Crippen LogP contribution in [0, 0.1) is 19.1 Å². The first-order chi connectivity index (χ1) is 17.4. The summed E-state index contributed by atoms with van der Waals surface area (Å²) >= 11 is 0. The molecule has 6 rings (SSSR count). The van der Waals surface area contributed by atoms with Crippen LogP contribution in [0.3, 0.4) is 0 Å². The fraction of sp³-hybridized carbons (Fsp3) is 0.152. The van der Waals surface area contributed by atoms with Crippen molar-refractivity contribution in [2.45, 2.75) is 33.1 Å². The quantitative estimate of drug-likeness (QED) is 0.175. The molecule has 1 radical (unpaired) electrons. The van der Waals surface area contributed by atoms with E-state index in [1.807, 2.05) is 60.8 Å². The van der Waals surface area contributed by atoms with Crippen molar-refractivity contribution < 1.29 is 24.5 Å². The van der Waals surface area contributed by atoms with E-state index in [1.54, 1.807) is 6.20 Å². The Morgan fingerprint density at radius 3 is 2.27 bits per heavy atom. The summed E-state index contributed by atoms with van der Waals surface area (Å²) in [7, 11) is 0. The molecule has 3 heterocycles. The van der Waals surface area contributed by atoms with Gasteiger partial charge in [0.25, 0.3) is 0 Å². The molecule has 4 heteroatoms. The minimum Gasteiger partial charge on any atom is -0.501 e. The molecular formula is C33H28IrN2O-2. The van der Waals surface area contributed by atoms with Gasteiger partial charge in [0.15, 0.2) is 0 Å². The van der Waals surface area contributed by atoms with Crippen LogP contribution in [0.1, 0.15) is 31.9 Å². The average molecular weight is 661 g/mol. The van der Waals surface area contributed by atoms with Gasteiger partial charge in [-0.3, -0.25) is 0 Å². The molecule has 0 bridgehead atoms. The predicted molar refractivity (Wildman–Crippen MR) is 148 cm³/mol. The molecule has 0 aliphatic rings. The number of benzene rings is 3. The minimum absolute atomic E-state index is 0. The number of furan rings is 1. The number of pyridine rings is 2. The van der Waals surface area contributed by atoms with E-state index in [0.717, 1.165) is 44.5 Å². The normalized spacial score (nSPS) is 11.0. The summed E-state index contributed by atoms with van der Waals surface area (Å²) in [4.78, 5) is 8.79. The molecule has 0 aliphatic carbocycles. The third kappa shape index (κ3) is 5.88. The molecule has 0 saturated heterocycles. The average Bonchev–Trinajstić information content (AvgIpc) is 3.28. The molecule has 37 heavy (non-hydrogen) atoms. The van der Waals surface area contributed by atoms with Crippen molar-refractivity contribution in [1.82, 2.24) is 9.97 Å². The Morgan fingerprint density at radius 1 is 0.730 bits per heavy atom. The second-order valence-electron chi connectivity index (χ2n) is 9.87. The van der Waals surface area contributed by atoms with E-state index in [1.165, 1.54) is 11.1 Å². The van der Waals surface area contributed by atoms with Gasteiger partial charge in [-0.15, -0.1) is 54.1 Å². The molecule has 3 aromatic carbocycles. The van der Waals surface area contributed by atoms with E-state index < -0.39 is 0 Å². The molecule has 0 amide bonds. The zero-order valence-electron chi connectivity index (χ0n) is 21.4. The second-order valence-corrected chi connectivity index (χ2v) is 9.87. The van der Waals surface area contributed by atoms with Gasteiger partial charge < -0.3 is 14.4 Å². The maximum absolute atomic E-state index is 6.15. The van der Waals surface area contributed by atoms with E-state index in [4.69, 9.17) is 4.42 Å². The Labute approximate surface area is 232 Å². The molecule has 0 atom stereocenters. The van der Waals surface area contributed by atoms with Gasteiger partial charge in [0.2, 0.25) is 0 Å². The molecule has 0 fully saturated rings. The maximum atomic E-state index is 6.15. The summed E-state index contributed by atoms with van der Waals surface area (Å²) in [5.41, 5.74) is 8.17. The van der Waals surface area contributed by atoms with E-state index in [2.05, 4.69) is 80.1 Å². The topological polar surface area (TPSA) is 38.9 Å². The van der Waals surface area contributed by atoms with Crippen molar-refractivity contribution in [2.24, 2.45) is 0 Å². The molecule has 3 nitrogen and oxygen atoms in total. The van der Waals surface area contributed by atoms with E-state index in [-0.39, 0.29) is 25.5 Å². The van der Waals surface area contributed by atoms with Crippen LogP contribution in [-0.2, 0) is 25.5 Å². The summed E-state index contributed by atoms with van der Waals surface area (Å²) in [5, 5.41) is 2.26. The molecule has 187 valence electrons. The maximum Gasteiger partial charge on any atom is 0.120 e. The fourth-order valence-electron chi connectivity index (χ4n) is 4.15. The monoisotopic (exact) mass is 661 g/mol. The molecular weight excluding hydrogens is 633 g/mol. The van der Waals surface area contributed by atoms with Crippen molar-refractivity contribution in [3.63, 3.8) is 0 Å². The van der Waals surface area contributed by atoms with Gasteiger partial charge in [-0.25, -0.2) is 0 Å². The first kappa shape index (κ1) is 26.5. The van der Waals surface area contributed by atoms with Crippen molar-refractivity contribution in [3.8, 4) is 22.5 Å². The van der Waals surface area contributed by atoms with Crippen LogP contribution in [0.15, 0.2) is 102 Å². The van der Waals surface area contributed by atoms with E-state index in [0.29, 0.717) is 0 Å². The van der Waals surface area contributed by atoms with Gasteiger partial charge in [-0.1, -0.05) is 61.5 Å².